The van der Waals surface area contributed by atoms with Gasteiger partial charge < -0.3 is 10.4 Å². The number of aliphatic hydroxyl groups excluding tert-OH is 1. The number of nitrogens with one attached hydrogen (secondary N) is 1. The Balaban J connectivity index is 2.75. The van der Waals surface area contributed by atoms with Crippen LogP contribution in [-0.2, 0) is 6.18 Å². The van der Waals surface area contributed by atoms with Crippen LogP contribution in [0.5, 0.6) is 0 Å². The molecule has 7 heteroatoms. The lowest BCUT2D eigenvalue weighted by atomic mass is 10.2. The maximum Gasteiger partial charge on any atom is 0.434 e. The van der Waals surface area contributed by atoms with Crippen molar-refractivity contribution in [3.05, 3.63) is 16.1 Å². The minimum absolute atomic E-state index is 0.0476. The first-order valence-corrected chi connectivity index (χ1v) is 5.73. The second-order valence-corrected chi connectivity index (χ2v) is 4.10. The van der Waals surface area contributed by atoms with E-state index >= 15 is 0 Å². The highest BCUT2D eigenvalue weighted by Gasteiger charge is 2.34. The Hall–Kier alpha value is -0.660. The standard InChI is InChI=1S/C9H13F3N2OS/c1-2-6(13-3-4-15)8-14-7(5-16-8)9(10,11)12/h5-6,13,15H,2-4H2,1H3/t6-/m0/s1. The molecule has 16 heavy (non-hydrogen) atoms. The number of hydrogen-bond acceptors (Lipinski definition) is 4. The summed E-state index contributed by atoms with van der Waals surface area (Å²) < 4.78 is 36.9. The predicted octanol–water partition coefficient (Wildman–Crippen LogP) is 2.19. The molecular formula is C9H13F3N2OS. The molecule has 0 aliphatic heterocycles. The van der Waals surface area contributed by atoms with Crippen molar-refractivity contribution in [3.8, 4) is 0 Å². The summed E-state index contributed by atoms with van der Waals surface area (Å²) >= 11 is 0.984. The first kappa shape index (κ1) is 13.4. The zero-order chi connectivity index (χ0) is 12.2. The van der Waals surface area contributed by atoms with Gasteiger partial charge in [0.1, 0.15) is 5.01 Å². The molecule has 0 aliphatic carbocycles. The third-order valence-corrected chi connectivity index (χ3v) is 2.98. The number of thiazole rings is 1. The quantitative estimate of drug-likeness (QED) is 0.846. The fourth-order valence-corrected chi connectivity index (χ4v) is 2.21. The molecule has 0 aliphatic rings. The molecule has 1 aromatic heterocycles. The Morgan fingerprint density at radius 3 is 2.69 bits per heavy atom. The normalized spacial score (nSPS) is 14.1. The first-order chi connectivity index (χ1) is 7.49. The topological polar surface area (TPSA) is 45.1 Å². The van der Waals surface area contributed by atoms with Crippen molar-refractivity contribution >= 4 is 11.3 Å². The molecule has 1 aromatic rings. The molecule has 92 valence electrons. The van der Waals surface area contributed by atoms with Gasteiger partial charge in [-0.15, -0.1) is 11.3 Å². The molecule has 1 heterocycles. The highest BCUT2D eigenvalue weighted by Crippen LogP contribution is 2.32. The van der Waals surface area contributed by atoms with Crippen LogP contribution >= 0.6 is 11.3 Å². The maximum atomic E-state index is 12.3. The zero-order valence-corrected chi connectivity index (χ0v) is 9.53. The van der Waals surface area contributed by atoms with Crippen molar-refractivity contribution in [3.63, 3.8) is 0 Å². The minimum Gasteiger partial charge on any atom is -0.395 e. The molecule has 0 aromatic carbocycles. The molecule has 0 saturated carbocycles. The van der Waals surface area contributed by atoms with E-state index in [-0.39, 0.29) is 12.6 Å². The Morgan fingerprint density at radius 2 is 2.25 bits per heavy atom. The first-order valence-electron chi connectivity index (χ1n) is 4.86. The van der Waals surface area contributed by atoms with Crippen LogP contribution in [-0.4, -0.2) is 23.2 Å². The Kier molecular flexibility index (Phi) is 4.69. The van der Waals surface area contributed by atoms with Gasteiger partial charge in [-0.2, -0.15) is 13.2 Å². The molecule has 0 unspecified atom stereocenters. The van der Waals surface area contributed by atoms with Crippen LogP contribution in [0.2, 0.25) is 0 Å². The van der Waals surface area contributed by atoms with E-state index in [1.54, 1.807) is 0 Å². The summed E-state index contributed by atoms with van der Waals surface area (Å²) in [6.45, 7) is 2.15. The van der Waals surface area contributed by atoms with Gasteiger partial charge in [-0.05, 0) is 6.42 Å². The predicted molar refractivity (Wildman–Crippen MR) is 55.2 cm³/mol. The SMILES string of the molecule is CC[C@H](NCCO)c1nc(C(F)(F)F)cs1. The molecule has 0 bridgehead atoms. The lowest BCUT2D eigenvalue weighted by Crippen LogP contribution is -2.24. The summed E-state index contributed by atoms with van der Waals surface area (Å²) in [5, 5.41) is 13.0. The van der Waals surface area contributed by atoms with E-state index in [1.165, 1.54) is 0 Å². The van der Waals surface area contributed by atoms with Gasteiger partial charge >= 0.3 is 6.18 Å². The van der Waals surface area contributed by atoms with Crippen molar-refractivity contribution in [1.82, 2.24) is 10.3 Å². The number of aliphatic hydroxyl groups is 1. The third kappa shape index (κ3) is 3.43. The smallest absolute Gasteiger partial charge is 0.395 e. The Bertz CT molecular complexity index is 327. The van der Waals surface area contributed by atoms with Gasteiger partial charge in [-0.3, -0.25) is 0 Å². The van der Waals surface area contributed by atoms with Crippen LogP contribution in [0.1, 0.15) is 30.1 Å². The lowest BCUT2D eigenvalue weighted by Gasteiger charge is -2.13. The minimum atomic E-state index is -4.38. The van der Waals surface area contributed by atoms with Gasteiger partial charge in [0.25, 0.3) is 0 Å². The number of hydrogen-bond donors (Lipinski definition) is 2. The van der Waals surface area contributed by atoms with Crippen LogP contribution in [0.4, 0.5) is 13.2 Å². The Morgan fingerprint density at radius 1 is 1.56 bits per heavy atom. The van der Waals surface area contributed by atoms with Crippen molar-refractivity contribution in [2.45, 2.75) is 25.6 Å². The third-order valence-electron chi connectivity index (χ3n) is 2.02. The fraction of sp³-hybridized carbons (Fsp3) is 0.667. The molecule has 0 spiro atoms. The molecule has 0 saturated heterocycles. The van der Waals surface area contributed by atoms with Crippen LogP contribution in [0.25, 0.3) is 0 Å². The van der Waals surface area contributed by atoms with Crippen molar-refractivity contribution in [1.29, 1.82) is 0 Å². The van der Waals surface area contributed by atoms with E-state index in [0.29, 0.717) is 18.0 Å². The van der Waals surface area contributed by atoms with Gasteiger partial charge in [0, 0.05) is 11.9 Å². The number of alkyl halides is 3. The van der Waals surface area contributed by atoms with Gasteiger partial charge in [0.15, 0.2) is 5.69 Å². The molecule has 0 radical (unpaired) electrons. The maximum absolute atomic E-state index is 12.3. The van der Waals surface area contributed by atoms with Gasteiger partial charge in [-0.1, -0.05) is 6.92 Å². The van der Waals surface area contributed by atoms with Gasteiger partial charge in [0.05, 0.1) is 12.6 Å². The molecule has 0 fully saturated rings. The summed E-state index contributed by atoms with van der Waals surface area (Å²) in [6, 6.07) is -0.228. The zero-order valence-electron chi connectivity index (χ0n) is 8.71. The average Bonchev–Trinajstić information content (AvgIpc) is 2.68. The highest BCUT2D eigenvalue weighted by molar-refractivity contribution is 7.09. The molecule has 2 N–H and O–H groups in total. The number of halogens is 3. The van der Waals surface area contributed by atoms with Gasteiger partial charge in [-0.25, -0.2) is 4.98 Å². The van der Waals surface area contributed by atoms with E-state index in [2.05, 4.69) is 10.3 Å². The fourth-order valence-electron chi connectivity index (χ4n) is 1.22. The van der Waals surface area contributed by atoms with E-state index in [0.717, 1.165) is 16.7 Å². The highest BCUT2D eigenvalue weighted by atomic mass is 32.1. The van der Waals surface area contributed by atoms with Crippen molar-refractivity contribution in [2.24, 2.45) is 0 Å². The number of rotatable bonds is 5. The lowest BCUT2D eigenvalue weighted by molar-refractivity contribution is -0.140. The molecule has 0 amide bonds. The van der Waals surface area contributed by atoms with E-state index < -0.39 is 11.9 Å². The van der Waals surface area contributed by atoms with Crippen molar-refractivity contribution < 1.29 is 18.3 Å². The number of aromatic nitrogens is 1. The number of nitrogens with zero attached hydrogens (tertiary/aromatic N) is 1. The van der Waals surface area contributed by atoms with Crippen LogP contribution in [0.15, 0.2) is 5.38 Å². The summed E-state index contributed by atoms with van der Waals surface area (Å²) in [7, 11) is 0. The van der Waals surface area contributed by atoms with E-state index in [4.69, 9.17) is 5.11 Å². The van der Waals surface area contributed by atoms with Gasteiger partial charge in [0.2, 0.25) is 0 Å². The van der Waals surface area contributed by atoms with E-state index in [9.17, 15) is 13.2 Å². The van der Waals surface area contributed by atoms with Crippen LogP contribution in [0.3, 0.4) is 0 Å². The van der Waals surface area contributed by atoms with E-state index in [1.807, 2.05) is 6.92 Å². The second-order valence-electron chi connectivity index (χ2n) is 3.21. The molecule has 1 atom stereocenters. The van der Waals surface area contributed by atoms with Crippen molar-refractivity contribution in [2.75, 3.05) is 13.2 Å². The average molecular weight is 254 g/mol. The van der Waals surface area contributed by atoms with Crippen LogP contribution in [0, 0.1) is 0 Å². The monoisotopic (exact) mass is 254 g/mol. The molecule has 1 rings (SSSR count). The summed E-state index contributed by atoms with van der Waals surface area (Å²) in [6.07, 6.45) is -3.76. The largest absolute Gasteiger partial charge is 0.434 e. The Labute approximate surface area is 95.3 Å². The summed E-state index contributed by atoms with van der Waals surface area (Å²) in [5.41, 5.74) is -0.850. The molecular weight excluding hydrogens is 241 g/mol. The summed E-state index contributed by atoms with van der Waals surface area (Å²) in [4.78, 5) is 3.55. The summed E-state index contributed by atoms with van der Waals surface area (Å²) in [5.74, 6) is 0. The van der Waals surface area contributed by atoms with Crippen LogP contribution < -0.4 is 5.32 Å². The second kappa shape index (κ2) is 5.60. The molecule has 3 nitrogen and oxygen atoms in total.